The van der Waals surface area contributed by atoms with Crippen molar-refractivity contribution in [3.05, 3.63) is 52.8 Å². The van der Waals surface area contributed by atoms with Gasteiger partial charge in [0.15, 0.2) is 0 Å². The van der Waals surface area contributed by atoms with Crippen LogP contribution >= 0.6 is 11.6 Å². The fourth-order valence-electron chi connectivity index (χ4n) is 2.27. The van der Waals surface area contributed by atoms with Crippen molar-refractivity contribution in [2.75, 3.05) is 14.1 Å². The minimum absolute atomic E-state index is 0.410. The molecule has 1 N–H and O–H groups in total. The van der Waals surface area contributed by atoms with E-state index in [1.54, 1.807) is 31.2 Å². The Morgan fingerprint density at radius 2 is 1.85 bits per heavy atom. The van der Waals surface area contributed by atoms with Gasteiger partial charge in [0.25, 0.3) is 0 Å². The number of nitrogens with one attached hydrogen (secondary N) is 1. The van der Waals surface area contributed by atoms with E-state index < -0.39 is 31.9 Å². The molecule has 0 bridgehead atoms. The van der Waals surface area contributed by atoms with Crippen LogP contribution in [0.5, 0.6) is 0 Å². The average molecular weight is 433 g/mol. The van der Waals surface area contributed by atoms with Gasteiger partial charge < -0.3 is 4.55 Å². The van der Waals surface area contributed by atoms with Gasteiger partial charge in [0.05, 0.1) is 5.69 Å². The van der Waals surface area contributed by atoms with Crippen LogP contribution in [0.25, 0.3) is 0 Å². The third kappa shape index (κ3) is 4.67. The summed E-state index contributed by atoms with van der Waals surface area (Å²) in [6.45, 7) is 7.36. The highest BCUT2D eigenvalue weighted by molar-refractivity contribution is 7.90. The third-order valence-corrected chi connectivity index (χ3v) is 7.57. The lowest BCUT2D eigenvalue weighted by Crippen LogP contribution is -2.50. The van der Waals surface area contributed by atoms with Crippen LogP contribution in [0.1, 0.15) is 39.0 Å². The lowest BCUT2D eigenvalue weighted by molar-refractivity contribution is 0.468. The number of benzene rings is 1. The minimum atomic E-state index is -3.75. The number of hydrogen-bond donors (Lipinski definition) is 1. The molecule has 0 radical (unpaired) electrons. The van der Waals surface area contributed by atoms with Crippen LogP contribution in [0.4, 0.5) is 0 Å². The summed E-state index contributed by atoms with van der Waals surface area (Å²) < 4.78 is 42.1. The Balaban J connectivity index is 2.59. The van der Waals surface area contributed by atoms with Gasteiger partial charge in [0.2, 0.25) is 0 Å². The summed E-state index contributed by atoms with van der Waals surface area (Å²) in [7, 11) is -0.894. The zero-order valence-electron chi connectivity index (χ0n) is 16.2. The van der Waals surface area contributed by atoms with Crippen LogP contribution in [0.2, 0.25) is 5.02 Å². The highest BCUT2D eigenvalue weighted by Gasteiger charge is 2.40. The Bertz CT molecular complexity index is 909. The second-order valence-corrected chi connectivity index (χ2v) is 11.9. The molecule has 2 unspecified atom stereocenters. The van der Waals surface area contributed by atoms with Gasteiger partial charge >= 0.3 is 10.2 Å². The number of halogens is 1. The number of aromatic nitrogens is 2. The van der Waals surface area contributed by atoms with Crippen LogP contribution in [-0.4, -0.2) is 45.3 Å². The maximum Gasteiger partial charge on any atom is 0.322 e. The lowest BCUT2D eigenvalue weighted by Gasteiger charge is -2.34. The van der Waals surface area contributed by atoms with Gasteiger partial charge in [0.1, 0.15) is 10.3 Å². The second-order valence-electron chi connectivity index (χ2n) is 7.48. The van der Waals surface area contributed by atoms with E-state index in [0.29, 0.717) is 10.7 Å². The summed E-state index contributed by atoms with van der Waals surface area (Å²) in [6.07, 6.45) is 1.37. The molecule has 0 aliphatic rings. The predicted octanol–water partition coefficient (Wildman–Crippen LogP) is 2.51. The van der Waals surface area contributed by atoms with Crippen LogP contribution in [-0.2, 0) is 27.1 Å². The third-order valence-electron chi connectivity index (χ3n) is 4.03. The molecule has 0 spiro atoms. The maximum absolute atomic E-state index is 12.8. The van der Waals surface area contributed by atoms with E-state index in [9.17, 15) is 13.0 Å². The van der Waals surface area contributed by atoms with E-state index in [2.05, 4.69) is 9.82 Å². The molecule has 150 valence electrons. The Labute approximate surface area is 169 Å². The quantitative estimate of drug-likeness (QED) is 0.708. The number of hydrogen-bond acceptors (Lipinski definition) is 5. The van der Waals surface area contributed by atoms with Crippen molar-refractivity contribution in [2.24, 2.45) is 0 Å². The van der Waals surface area contributed by atoms with E-state index in [1.165, 1.54) is 20.3 Å². The zero-order valence-corrected chi connectivity index (χ0v) is 18.6. The minimum Gasteiger partial charge on any atom is -0.598 e. The van der Waals surface area contributed by atoms with Crippen LogP contribution in [0.3, 0.4) is 0 Å². The fraction of sp³-hybridized carbons (Fsp3) is 0.471. The van der Waals surface area contributed by atoms with Crippen molar-refractivity contribution < 1.29 is 13.0 Å². The predicted molar refractivity (Wildman–Crippen MR) is 109 cm³/mol. The zero-order chi connectivity index (χ0) is 20.6. The molecular formula is C17H25ClN4O3S2. The van der Waals surface area contributed by atoms with Crippen molar-refractivity contribution >= 4 is 33.2 Å². The van der Waals surface area contributed by atoms with Gasteiger partial charge in [-0.2, -0.15) is 21.9 Å². The largest absolute Gasteiger partial charge is 0.598 e. The summed E-state index contributed by atoms with van der Waals surface area (Å²) in [5, 5.41) is 4.78. The Morgan fingerprint density at radius 1 is 1.22 bits per heavy atom. The first-order valence-corrected chi connectivity index (χ1v) is 11.2. The molecule has 0 aliphatic carbocycles. The van der Waals surface area contributed by atoms with Crippen LogP contribution < -0.4 is 4.72 Å². The molecule has 1 aromatic heterocycles. The smallest absolute Gasteiger partial charge is 0.322 e. The Hall–Kier alpha value is -1.10. The molecule has 2 atom stereocenters. The summed E-state index contributed by atoms with van der Waals surface area (Å²) in [5.74, 6) is 0. The van der Waals surface area contributed by atoms with Gasteiger partial charge in [-0.3, -0.25) is 0 Å². The Kier molecular flexibility index (Phi) is 6.35. The van der Waals surface area contributed by atoms with Gasteiger partial charge in [-0.05, 0) is 51.5 Å². The lowest BCUT2D eigenvalue weighted by atomic mass is 9.90. The molecule has 0 saturated heterocycles. The van der Waals surface area contributed by atoms with Gasteiger partial charge in [-0.15, -0.1) is 4.72 Å². The van der Waals surface area contributed by atoms with Crippen molar-refractivity contribution in [2.45, 2.75) is 38.0 Å². The van der Waals surface area contributed by atoms with E-state index in [0.717, 1.165) is 14.0 Å². The van der Waals surface area contributed by atoms with E-state index in [-0.39, 0.29) is 0 Å². The van der Waals surface area contributed by atoms with Crippen molar-refractivity contribution in [3.63, 3.8) is 0 Å². The summed E-state index contributed by atoms with van der Waals surface area (Å²) in [5.41, 5.74) is 0.115. The van der Waals surface area contributed by atoms with E-state index >= 15 is 0 Å². The molecule has 0 saturated carbocycles. The highest BCUT2D eigenvalue weighted by Crippen LogP contribution is 2.32. The molecule has 0 aliphatic heterocycles. The summed E-state index contributed by atoms with van der Waals surface area (Å²) in [4.78, 5) is 0. The number of nitrogens with zero attached hydrogens (tertiary/aromatic N) is 3. The molecule has 7 nitrogen and oxygen atoms in total. The molecule has 1 aromatic carbocycles. The van der Waals surface area contributed by atoms with Crippen LogP contribution in [0.15, 0.2) is 36.5 Å². The first-order valence-electron chi connectivity index (χ1n) is 8.23. The van der Waals surface area contributed by atoms with Gasteiger partial charge in [0, 0.05) is 36.7 Å². The first kappa shape index (κ1) is 22.2. The standard InChI is InChI=1S/C17H25ClN4O3S2/c1-16(2,3)26(23)20-17(4,13-8-7-9-14(18)12-13)15-10-11-22(19-15)27(24,25)21(5)6/h7-12,20H,1-6H3. The maximum atomic E-state index is 12.8. The summed E-state index contributed by atoms with van der Waals surface area (Å²) in [6, 6.07) is 8.69. The molecule has 27 heavy (non-hydrogen) atoms. The number of rotatable bonds is 6. The van der Waals surface area contributed by atoms with E-state index in [1.807, 2.05) is 26.8 Å². The molecule has 0 amide bonds. The van der Waals surface area contributed by atoms with Crippen molar-refractivity contribution in [1.82, 2.24) is 18.2 Å². The topological polar surface area (TPSA) is 90.3 Å². The Morgan fingerprint density at radius 3 is 2.37 bits per heavy atom. The highest BCUT2D eigenvalue weighted by atomic mass is 35.5. The molecule has 2 rings (SSSR count). The average Bonchev–Trinajstić information content (AvgIpc) is 3.05. The fourth-order valence-corrected chi connectivity index (χ4v) is 4.10. The summed E-state index contributed by atoms with van der Waals surface area (Å²) >= 11 is 4.72. The SMILES string of the molecule is CN(C)S(=O)(=O)n1ccc(C(C)(N[S+]([O-])C(C)(C)C)c2cccc(Cl)c2)n1. The van der Waals surface area contributed by atoms with Gasteiger partial charge in [-0.1, -0.05) is 23.7 Å². The van der Waals surface area contributed by atoms with Crippen molar-refractivity contribution in [1.29, 1.82) is 0 Å². The first-order chi connectivity index (χ1) is 12.3. The molecule has 0 fully saturated rings. The van der Waals surface area contributed by atoms with Gasteiger partial charge in [-0.25, -0.2) is 0 Å². The normalized spacial score (nSPS) is 16.3. The second kappa shape index (κ2) is 7.73. The van der Waals surface area contributed by atoms with E-state index in [4.69, 9.17) is 11.6 Å². The molecule has 2 aromatic rings. The van der Waals surface area contributed by atoms with Crippen molar-refractivity contribution in [3.8, 4) is 0 Å². The van der Waals surface area contributed by atoms with Crippen LogP contribution in [0, 0.1) is 0 Å². The monoisotopic (exact) mass is 432 g/mol. The molecule has 10 heteroatoms. The molecule has 1 heterocycles. The molecular weight excluding hydrogens is 408 g/mol.